The van der Waals surface area contributed by atoms with Gasteiger partial charge in [0.25, 0.3) is 5.91 Å². The fraction of sp³-hybridized carbons (Fsp3) is 0.455. The number of rotatable bonds is 3. The maximum absolute atomic E-state index is 12.0. The molecule has 0 saturated carbocycles. The van der Waals surface area contributed by atoms with Crippen LogP contribution in [0.3, 0.4) is 0 Å². The first-order valence-corrected chi connectivity index (χ1v) is 6.39. The van der Waals surface area contributed by atoms with E-state index < -0.39 is 5.91 Å². The molecule has 1 fully saturated rings. The monoisotopic (exact) mass is 253 g/mol. The Bertz CT molecular complexity index is 444. The fourth-order valence-corrected chi connectivity index (χ4v) is 2.77. The van der Waals surface area contributed by atoms with Crippen LogP contribution in [0.2, 0.25) is 0 Å². The van der Waals surface area contributed by atoms with Gasteiger partial charge in [-0.3, -0.25) is 9.59 Å². The first-order chi connectivity index (χ1) is 8.09. The molecule has 2 unspecified atom stereocenters. The molecule has 1 aromatic rings. The van der Waals surface area contributed by atoms with E-state index in [1.807, 2.05) is 6.92 Å². The average Bonchev–Trinajstić information content (AvgIpc) is 2.86. The molecule has 0 radical (unpaired) electrons. The summed E-state index contributed by atoms with van der Waals surface area (Å²) in [6, 6.07) is 1.44. The van der Waals surface area contributed by atoms with Gasteiger partial charge in [-0.1, -0.05) is 6.92 Å². The molecule has 5 nitrogen and oxygen atoms in total. The molecule has 0 aromatic carbocycles. The zero-order valence-electron chi connectivity index (χ0n) is 9.53. The van der Waals surface area contributed by atoms with Crippen molar-refractivity contribution in [1.82, 2.24) is 5.32 Å². The molecule has 1 aliphatic heterocycles. The van der Waals surface area contributed by atoms with E-state index in [-0.39, 0.29) is 11.9 Å². The van der Waals surface area contributed by atoms with Crippen LogP contribution in [0.1, 0.15) is 23.7 Å². The number of carbonyl (C=O) groups is 2. The number of hydrogen-bond acceptors (Lipinski definition) is 4. The highest BCUT2D eigenvalue weighted by atomic mass is 32.1. The van der Waals surface area contributed by atoms with Crippen LogP contribution in [0.15, 0.2) is 11.4 Å². The van der Waals surface area contributed by atoms with E-state index in [2.05, 4.69) is 10.6 Å². The maximum atomic E-state index is 12.0. The Morgan fingerprint density at radius 3 is 2.94 bits per heavy atom. The van der Waals surface area contributed by atoms with Crippen molar-refractivity contribution in [2.45, 2.75) is 19.4 Å². The van der Waals surface area contributed by atoms with Crippen molar-refractivity contribution >= 4 is 28.2 Å². The zero-order valence-corrected chi connectivity index (χ0v) is 10.3. The lowest BCUT2D eigenvalue weighted by Crippen LogP contribution is -2.39. The quantitative estimate of drug-likeness (QED) is 0.744. The first kappa shape index (κ1) is 12.1. The van der Waals surface area contributed by atoms with E-state index >= 15 is 0 Å². The third-order valence-electron chi connectivity index (χ3n) is 2.98. The number of thiophene rings is 1. The Balaban J connectivity index is 2.07. The topological polar surface area (TPSA) is 84.2 Å². The van der Waals surface area contributed by atoms with E-state index in [0.29, 0.717) is 16.5 Å². The lowest BCUT2D eigenvalue weighted by Gasteiger charge is -2.14. The van der Waals surface area contributed by atoms with Gasteiger partial charge in [-0.05, 0) is 30.3 Å². The van der Waals surface area contributed by atoms with Gasteiger partial charge in [-0.25, -0.2) is 0 Å². The van der Waals surface area contributed by atoms with Gasteiger partial charge in [0.05, 0.1) is 11.6 Å². The highest BCUT2D eigenvalue weighted by Crippen LogP contribution is 2.24. The summed E-state index contributed by atoms with van der Waals surface area (Å²) in [5.74, 6) is -0.305. The molecule has 92 valence electrons. The lowest BCUT2D eigenvalue weighted by molar-refractivity contribution is -0.118. The highest BCUT2D eigenvalue weighted by Gasteiger charge is 2.29. The predicted octanol–water partition coefficient (Wildman–Crippen LogP) is 0.784. The molecule has 4 N–H and O–H groups in total. The number of amides is 2. The number of carbonyl (C=O) groups excluding carboxylic acids is 2. The zero-order chi connectivity index (χ0) is 12.4. The highest BCUT2D eigenvalue weighted by molar-refractivity contribution is 7.14. The Hall–Kier alpha value is -1.40. The summed E-state index contributed by atoms with van der Waals surface area (Å²) in [5, 5.41) is 8.17. The van der Waals surface area contributed by atoms with Crippen LogP contribution < -0.4 is 16.4 Å². The summed E-state index contributed by atoms with van der Waals surface area (Å²) in [6.07, 6.45) is 0.991. The number of anilines is 1. The predicted molar refractivity (Wildman–Crippen MR) is 67.0 cm³/mol. The van der Waals surface area contributed by atoms with Crippen molar-refractivity contribution in [3.05, 3.63) is 17.0 Å². The van der Waals surface area contributed by atoms with Gasteiger partial charge in [0.15, 0.2) is 0 Å². The molecule has 0 aliphatic carbocycles. The molecule has 6 heteroatoms. The van der Waals surface area contributed by atoms with Crippen LogP contribution in [0, 0.1) is 5.92 Å². The summed E-state index contributed by atoms with van der Waals surface area (Å²) in [7, 11) is 0. The summed E-state index contributed by atoms with van der Waals surface area (Å²) in [6.45, 7) is 2.89. The number of nitrogens with two attached hydrogens (primary N) is 1. The lowest BCUT2D eigenvalue weighted by atomic mass is 10.0. The molecular formula is C11H15N3O2S. The molecule has 1 aromatic heterocycles. The SMILES string of the molecule is CC1CCNC1C(=O)Nc1sccc1C(N)=O. The van der Waals surface area contributed by atoms with E-state index in [1.54, 1.807) is 11.4 Å². The maximum Gasteiger partial charge on any atom is 0.251 e. The van der Waals surface area contributed by atoms with E-state index in [1.165, 1.54) is 11.3 Å². The van der Waals surface area contributed by atoms with E-state index in [0.717, 1.165) is 13.0 Å². The fourth-order valence-electron chi connectivity index (χ4n) is 1.98. The van der Waals surface area contributed by atoms with Crippen LogP contribution in [-0.2, 0) is 4.79 Å². The Morgan fingerprint density at radius 1 is 1.59 bits per heavy atom. The largest absolute Gasteiger partial charge is 0.366 e. The van der Waals surface area contributed by atoms with Crippen LogP contribution in [0.25, 0.3) is 0 Å². The van der Waals surface area contributed by atoms with Crippen molar-refractivity contribution in [2.75, 3.05) is 11.9 Å². The standard InChI is InChI=1S/C11H15N3O2S/c1-6-2-4-13-8(6)10(16)14-11-7(9(12)15)3-5-17-11/h3,5-6,8,13H,2,4H2,1H3,(H2,12,15)(H,14,16). The van der Waals surface area contributed by atoms with Crippen molar-refractivity contribution in [3.63, 3.8) is 0 Å². The van der Waals surface area contributed by atoms with Crippen LogP contribution in [0.5, 0.6) is 0 Å². The molecule has 2 rings (SSSR count). The first-order valence-electron chi connectivity index (χ1n) is 5.51. The molecule has 1 saturated heterocycles. The van der Waals surface area contributed by atoms with Gasteiger partial charge in [0.1, 0.15) is 5.00 Å². The summed E-state index contributed by atoms with van der Waals surface area (Å²) in [5.41, 5.74) is 5.59. The minimum atomic E-state index is -0.519. The second-order valence-corrected chi connectivity index (χ2v) is 5.13. The summed E-state index contributed by atoms with van der Waals surface area (Å²) >= 11 is 1.31. The van der Waals surface area contributed by atoms with Gasteiger partial charge in [0.2, 0.25) is 5.91 Å². The third-order valence-corrected chi connectivity index (χ3v) is 3.81. The summed E-state index contributed by atoms with van der Waals surface area (Å²) < 4.78 is 0. The van der Waals surface area contributed by atoms with Gasteiger partial charge in [0, 0.05) is 0 Å². The van der Waals surface area contributed by atoms with Crippen LogP contribution >= 0.6 is 11.3 Å². The minimum Gasteiger partial charge on any atom is -0.366 e. The molecule has 0 spiro atoms. The molecule has 1 aliphatic rings. The van der Waals surface area contributed by atoms with Crippen LogP contribution in [-0.4, -0.2) is 24.4 Å². The number of primary amides is 1. The van der Waals surface area contributed by atoms with Crippen LogP contribution in [0.4, 0.5) is 5.00 Å². The molecule has 2 amide bonds. The number of nitrogens with one attached hydrogen (secondary N) is 2. The van der Waals surface area contributed by atoms with Crippen molar-refractivity contribution in [3.8, 4) is 0 Å². The van der Waals surface area contributed by atoms with E-state index in [9.17, 15) is 9.59 Å². The number of hydrogen-bond donors (Lipinski definition) is 3. The van der Waals surface area contributed by atoms with Gasteiger partial charge in [-0.2, -0.15) is 0 Å². The Labute approximate surface area is 103 Å². The second-order valence-electron chi connectivity index (χ2n) is 4.21. The minimum absolute atomic E-state index is 0.0973. The van der Waals surface area contributed by atoms with Crippen molar-refractivity contribution in [2.24, 2.45) is 11.7 Å². The van der Waals surface area contributed by atoms with Crippen molar-refractivity contribution < 1.29 is 9.59 Å². The van der Waals surface area contributed by atoms with Gasteiger partial charge < -0.3 is 16.4 Å². The van der Waals surface area contributed by atoms with Gasteiger partial charge in [-0.15, -0.1) is 11.3 Å². The second kappa shape index (κ2) is 4.85. The Kier molecular flexibility index (Phi) is 3.44. The Morgan fingerprint density at radius 2 is 2.35 bits per heavy atom. The normalized spacial score (nSPS) is 23.6. The molecule has 0 bridgehead atoms. The summed E-state index contributed by atoms with van der Waals surface area (Å²) in [4.78, 5) is 23.1. The smallest absolute Gasteiger partial charge is 0.251 e. The molecule has 2 heterocycles. The van der Waals surface area contributed by atoms with E-state index in [4.69, 9.17) is 5.73 Å². The average molecular weight is 253 g/mol. The molecule has 2 atom stereocenters. The third kappa shape index (κ3) is 2.48. The van der Waals surface area contributed by atoms with Crippen molar-refractivity contribution in [1.29, 1.82) is 0 Å². The molecular weight excluding hydrogens is 238 g/mol. The van der Waals surface area contributed by atoms with Gasteiger partial charge >= 0.3 is 0 Å². The molecule has 17 heavy (non-hydrogen) atoms.